The van der Waals surface area contributed by atoms with Crippen molar-refractivity contribution in [1.82, 2.24) is 4.90 Å². The average Bonchev–Trinajstić information content (AvgIpc) is 2.67. The van der Waals surface area contributed by atoms with Gasteiger partial charge in [-0.1, -0.05) is 41.4 Å². The van der Waals surface area contributed by atoms with E-state index >= 15 is 0 Å². The highest BCUT2D eigenvalue weighted by atomic mass is 35.5. The second-order valence-electron chi connectivity index (χ2n) is 5.34. The third-order valence-electron chi connectivity index (χ3n) is 3.97. The first-order valence-corrected chi connectivity index (χ1v) is 8.09. The lowest BCUT2D eigenvalue weighted by Gasteiger charge is -2.31. The van der Waals surface area contributed by atoms with Crippen LogP contribution in [-0.2, 0) is 0 Å². The second-order valence-corrected chi connectivity index (χ2v) is 6.19. The molecule has 2 aromatic carbocycles. The van der Waals surface area contributed by atoms with Crippen molar-refractivity contribution in [2.24, 2.45) is 0 Å². The minimum Gasteiger partial charge on any atom is -0.395 e. The van der Waals surface area contributed by atoms with Crippen LogP contribution in [0, 0.1) is 0 Å². The van der Waals surface area contributed by atoms with E-state index in [1.54, 1.807) is 0 Å². The zero-order valence-corrected chi connectivity index (χ0v) is 13.6. The first-order chi connectivity index (χ1) is 10.7. The van der Waals surface area contributed by atoms with E-state index < -0.39 is 0 Å². The van der Waals surface area contributed by atoms with Gasteiger partial charge in [0.15, 0.2) is 0 Å². The molecule has 0 amide bonds. The number of fused-ring (bicyclic) bond motifs is 1. The average molecular weight is 337 g/mol. The van der Waals surface area contributed by atoms with Gasteiger partial charge in [0.05, 0.1) is 12.6 Å². The summed E-state index contributed by atoms with van der Waals surface area (Å²) >= 11 is 12.7. The molecule has 1 atom stereocenters. The van der Waals surface area contributed by atoms with Crippen molar-refractivity contribution in [1.29, 1.82) is 0 Å². The maximum atomic E-state index is 9.43. The molecule has 1 aliphatic rings. The minimum absolute atomic E-state index is 0.0236. The fourth-order valence-corrected chi connectivity index (χ4v) is 3.43. The van der Waals surface area contributed by atoms with Gasteiger partial charge >= 0.3 is 0 Å². The maximum Gasteiger partial charge on any atom is 0.0638 e. The first kappa shape index (κ1) is 15.6. The van der Waals surface area contributed by atoms with E-state index in [1.165, 1.54) is 0 Å². The molecule has 0 saturated heterocycles. The molecule has 0 saturated carbocycles. The normalized spacial score (nSPS) is 18.4. The van der Waals surface area contributed by atoms with Crippen LogP contribution in [0.5, 0.6) is 0 Å². The summed E-state index contributed by atoms with van der Waals surface area (Å²) in [6, 6.07) is 13.7. The molecule has 0 bridgehead atoms. The summed E-state index contributed by atoms with van der Waals surface area (Å²) < 4.78 is 0. The van der Waals surface area contributed by atoms with Crippen LogP contribution in [0.25, 0.3) is 0 Å². The Balaban J connectivity index is 2.15. The number of halogens is 2. The van der Waals surface area contributed by atoms with Crippen LogP contribution in [0.4, 0.5) is 5.69 Å². The van der Waals surface area contributed by atoms with Gasteiger partial charge in [-0.15, -0.1) is 0 Å². The van der Waals surface area contributed by atoms with Gasteiger partial charge in [0.2, 0.25) is 0 Å². The topological polar surface area (TPSA) is 35.5 Å². The predicted molar refractivity (Wildman–Crippen MR) is 91.9 cm³/mol. The molecule has 0 spiro atoms. The third-order valence-corrected chi connectivity index (χ3v) is 4.55. The molecule has 0 radical (unpaired) electrons. The number of hydrogen-bond acceptors (Lipinski definition) is 3. The minimum atomic E-state index is -0.0236. The van der Waals surface area contributed by atoms with Gasteiger partial charge in [0.25, 0.3) is 0 Å². The molecular weight excluding hydrogens is 319 g/mol. The van der Waals surface area contributed by atoms with Gasteiger partial charge in [0.1, 0.15) is 0 Å². The van der Waals surface area contributed by atoms with Crippen LogP contribution in [-0.4, -0.2) is 36.2 Å². The van der Waals surface area contributed by atoms with Crippen molar-refractivity contribution in [3.63, 3.8) is 0 Å². The van der Waals surface area contributed by atoms with Gasteiger partial charge in [-0.25, -0.2) is 0 Å². The molecule has 0 fully saturated rings. The molecule has 116 valence electrons. The molecule has 2 aromatic rings. The summed E-state index contributed by atoms with van der Waals surface area (Å²) in [6.45, 7) is 2.33. The highest BCUT2D eigenvalue weighted by molar-refractivity contribution is 6.31. The Labute approximate surface area is 140 Å². The molecule has 22 heavy (non-hydrogen) atoms. The number of benzene rings is 2. The van der Waals surface area contributed by atoms with Crippen molar-refractivity contribution in [2.75, 3.05) is 31.6 Å². The van der Waals surface area contributed by atoms with Crippen LogP contribution in [0.2, 0.25) is 10.0 Å². The standard InChI is InChI=1S/C17H18Cl2N2O/c18-12-5-6-16-14(11-12)17(13-3-1-2-4-15(13)19)21(9-10-22)8-7-20-16/h1-6,11,17,20,22H,7-10H2. The number of nitrogens with zero attached hydrogens (tertiary/aromatic N) is 1. The van der Waals surface area contributed by atoms with Crippen LogP contribution < -0.4 is 5.32 Å². The van der Waals surface area contributed by atoms with E-state index in [9.17, 15) is 5.11 Å². The predicted octanol–water partition coefficient (Wildman–Crippen LogP) is 3.80. The van der Waals surface area contributed by atoms with Gasteiger partial charge in [0, 0.05) is 35.4 Å². The number of anilines is 1. The molecule has 2 N–H and O–H groups in total. The summed E-state index contributed by atoms with van der Waals surface area (Å²) in [7, 11) is 0. The molecule has 0 aromatic heterocycles. The van der Waals surface area contributed by atoms with Crippen LogP contribution in [0.15, 0.2) is 42.5 Å². The fourth-order valence-electron chi connectivity index (χ4n) is 3.01. The molecule has 1 unspecified atom stereocenters. The Morgan fingerprint density at radius 1 is 1.14 bits per heavy atom. The van der Waals surface area contributed by atoms with Gasteiger partial charge in [-0.3, -0.25) is 4.90 Å². The Bertz CT molecular complexity index is 663. The fraction of sp³-hybridized carbons (Fsp3) is 0.294. The van der Waals surface area contributed by atoms with E-state index in [2.05, 4.69) is 10.2 Å². The lowest BCUT2D eigenvalue weighted by Crippen LogP contribution is -2.33. The molecule has 3 rings (SSSR count). The lowest BCUT2D eigenvalue weighted by molar-refractivity contribution is 0.175. The van der Waals surface area contributed by atoms with Gasteiger partial charge in [-0.2, -0.15) is 0 Å². The van der Waals surface area contributed by atoms with Crippen molar-refractivity contribution >= 4 is 28.9 Å². The van der Waals surface area contributed by atoms with E-state index in [1.807, 2.05) is 42.5 Å². The second kappa shape index (κ2) is 6.88. The number of rotatable bonds is 3. The first-order valence-electron chi connectivity index (χ1n) is 7.33. The van der Waals surface area contributed by atoms with Crippen molar-refractivity contribution in [3.05, 3.63) is 63.6 Å². The Morgan fingerprint density at radius 3 is 2.73 bits per heavy atom. The van der Waals surface area contributed by atoms with Crippen LogP contribution in [0.1, 0.15) is 17.2 Å². The van der Waals surface area contributed by atoms with Gasteiger partial charge in [-0.05, 0) is 35.4 Å². The number of aliphatic hydroxyl groups is 1. The summed E-state index contributed by atoms with van der Waals surface area (Å²) in [5, 5.41) is 14.3. The SMILES string of the molecule is OCCN1CCNc2ccc(Cl)cc2C1c1ccccc1Cl. The summed E-state index contributed by atoms with van der Waals surface area (Å²) in [6.07, 6.45) is 0. The monoisotopic (exact) mass is 336 g/mol. The Morgan fingerprint density at radius 2 is 1.95 bits per heavy atom. The zero-order valence-electron chi connectivity index (χ0n) is 12.1. The quantitative estimate of drug-likeness (QED) is 0.894. The van der Waals surface area contributed by atoms with Gasteiger partial charge < -0.3 is 10.4 Å². The summed E-state index contributed by atoms with van der Waals surface area (Å²) in [5.41, 5.74) is 3.19. The summed E-state index contributed by atoms with van der Waals surface area (Å²) in [5.74, 6) is 0. The number of aliphatic hydroxyl groups excluding tert-OH is 1. The smallest absolute Gasteiger partial charge is 0.0638 e. The Hall–Kier alpha value is -1.26. The highest BCUT2D eigenvalue weighted by Crippen LogP contribution is 2.39. The van der Waals surface area contributed by atoms with Crippen LogP contribution in [0.3, 0.4) is 0 Å². The maximum absolute atomic E-state index is 9.43. The molecule has 3 nitrogen and oxygen atoms in total. The largest absolute Gasteiger partial charge is 0.395 e. The third kappa shape index (κ3) is 3.08. The summed E-state index contributed by atoms with van der Waals surface area (Å²) in [4.78, 5) is 2.23. The molecule has 1 heterocycles. The number of β-amino-alcohol motifs (C(OH)–C–C–N with tert-alkyl or cyclic N) is 1. The molecule has 5 heteroatoms. The van der Waals surface area contributed by atoms with Crippen LogP contribution >= 0.6 is 23.2 Å². The lowest BCUT2D eigenvalue weighted by atomic mass is 9.96. The van der Waals surface area contributed by atoms with Crippen molar-refractivity contribution in [2.45, 2.75) is 6.04 Å². The molecule has 0 aliphatic carbocycles. The zero-order chi connectivity index (χ0) is 15.5. The van der Waals surface area contributed by atoms with E-state index in [4.69, 9.17) is 23.2 Å². The van der Waals surface area contributed by atoms with Crippen molar-refractivity contribution < 1.29 is 5.11 Å². The Kier molecular flexibility index (Phi) is 4.89. The number of nitrogens with one attached hydrogen (secondary N) is 1. The molecule has 1 aliphatic heterocycles. The highest BCUT2D eigenvalue weighted by Gasteiger charge is 2.28. The molecular formula is C17H18Cl2N2O. The van der Waals surface area contributed by atoms with E-state index in [-0.39, 0.29) is 12.6 Å². The van der Waals surface area contributed by atoms with E-state index in [0.29, 0.717) is 11.6 Å². The van der Waals surface area contributed by atoms with E-state index in [0.717, 1.165) is 34.9 Å². The number of hydrogen-bond donors (Lipinski definition) is 2. The van der Waals surface area contributed by atoms with Crippen molar-refractivity contribution in [3.8, 4) is 0 Å².